The SMILES string of the molecule is CC1(C)CC=CC=C1c1ccc(F)c(F)c1. The lowest BCUT2D eigenvalue weighted by Gasteiger charge is -2.29. The molecule has 0 N–H and O–H groups in total. The summed E-state index contributed by atoms with van der Waals surface area (Å²) in [4.78, 5) is 0. The zero-order valence-electron chi connectivity index (χ0n) is 9.43. The predicted molar refractivity (Wildman–Crippen MR) is 61.9 cm³/mol. The molecule has 0 bridgehead atoms. The highest BCUT2D eigenvalue weighted by Gasteiger charge is 2.25. The largest absolute Gasteiger partial charge is 0.204 e. The Bertz CT molecular complexity index is 468. The predicted octanol–water partition coefficient (Wildman–Crippen LogP) is 4.33. The van der Waals surface area contributed by atoms with E-state index >= 15 is 0 Å². The van der Waals surface area contributed by atoms with Gasteiger partial charge in [-0.25, -0.2) is 8.78 Å². The molecule has 84 valence electrons. The molecule has 0 radical (unpaired) electrons. The molecule has 0 nitrogen and oxygen atoms in total. The maximum Gasteiger partial charge on any atom is 0.159 e. The first-order chi connectivity index (χ1) is 7.50. The third-order valence-electron chi connectivity index (χ3n) is 2.99. The summed E-state index contributed by atoms with van der Waals surface area (Å²) in [6.45, 7) is 4.20. The molecule has 0 atom stereocenters. The van der Waals surface area contributed by atoms with Gasteiger partial charge in [0.05, 0.1) is 0 Å². The molecule has 1 aromatic rings. The van der Waals surface area contributed by atoms with Gasteiger partial charge in [-0.1, -0.05) is 38.1 Å². The van der Waals surface area contributed by atoms with E-state index in [2.05, 4.69) is 19.9 Å². The number of hydrogen-bond acceptors (Lipinski definition) is 0. The fraction of sp³-hybridized carbons (Fsp3) is 0.286. The van der Waals surface area contributed by atoms with Gasteiger partial charge in [0, 0.05) is 0 Å². The number of allylic oxidation sites excluding steroid dienone is 4. The van der Waals surface area contributed by atoms with E-state index in [4.69, 9.17) is 0 Å². The third kappa shape index (κ3) is 1.92. The Morgan fingerprint density at radius 1 is 1.12 bits per heavy atom. The van der Waals surface area contributed by atoms with Crippen molar-refractivity contribution in [3.8, 4) is 0 Å². The number of rotatable bonds is 1. The van der Waals surface area contributed by atoms with Crippen LogP contribution in [0.15, 0.2) is 36.4 Å². The molecule has 0 saturated carbocycles. The molecule has 2 rings (SSSR count). The molecule has 16 heavy (non-hydrogen) atoms. The zero-order chi connectivity index (χ0) is 11.8. The van der Waals surface area contributed by atoms with E-state index in [1.807, 2.05) is 12.2 Å². The molecule has 0 aromatic heterocycles. The van der Waals surface area contributed by atoms with Crippen LogP contribution in [-0.4, -0.2) is 0 Å². The minimum absolute atomic E-state index is 0.0288. The van der Waals surface area contributed by atoms with Gasteiger partial charge >= 0.3 is 0 Å². The van der Waals surface area contributed by atoms with Gasteiger partial charge in [0.25, 0.3) is 0 Å². The van der Waals surface area contributed by atoms with Crippen LogP contribution in [0.5, 0.6) is 0 Å². The van der Waals surface area contributed by atoms with Crippen LogP contribution in [0.1, 0.15) is 25.8 Å². The second-order valence-corrected chi connectivity index (χ2v) is 4.73. The highest BCUT2D eigenvalue weighted by Crippen LogP contribution is 2.40. The van der Waals surface area contributed by atoms with E-state index in [0.29, 0.717) is 0 Å². The van der Waals surface area contributed by atoms with Crippen LogP contribution in [0.25, 0.3) is 5.57 Å². The van der Waals surface area contributed by atoms with Gasteiger partial charge in [0.2, 0.25) is 0 Å². The van der Waals surface area contributed by atoms with Crippen molar-refractivity contribution in [2.75, 3.05) is 0 Å². The summed E-state index contributed by atoms with van der Waals surface area (Å²) in [5.41, 5.74) is 1.78. The van der Waals surface area contributed by atoms with Crippen LogP contribution in [0.4, 0.5) is 8.78 Å². The molecular weight excluding hydrogens is 206 g/mol. The van der Waals surface area contributed by atoms with Crippen LogP contribution in [0.2, 0.25) is 0 Å². The van der Waals surface area contributed by atoms with Gasteiger partial charge in [-0.2, -0.15) is 0 Å². The number of halogens is 2. The number of hydrogen-bond donors (Lipinski definition) is 0. The first-order valence-electron chi connectivity index (χ1n) is 5.33. The molecule has 0 spiro atoms. The summed E-state index contributed by atoms with van der Waals surface area (Å²) in [7, 11) is 0. The van der Waals surface area contributed by atoms with E-state index in [1.54, 1.807) is 6.07 Å². The summed E-state index contributed by atoms with van der Waals surface area (Å²) >= 11 is 0. The van der Waals surface area contributed by atoms with Crippen molar-refractivity contribution in [1.29, 1.82) is 0 Å². The van der Waals surface area contributed by atoms with Crippen LogP contribution in [-0.2, 0) is 0 Å². The first-order valence-corrected chi connectivity index (χ1v) is 5.33. The molecule has 2 heteroatoms. The Labute approximate surface area is 94.3 Å². The van der Waals surface area contributed by atoms with Gasteiger partial charge in [0.1, 0.15) is 0 Å². The average Bonchev–Trinajstić information content (AvgIpc) is 2.22. The van der Waals surface area contributed by atoms with Crippen molar-refractivity contribution in [2.45, 2.75) is 20.3 Å². The second kappa shape index (κ2) is 3.85. The summed E-state index contributed by atoms with van der Waals surface area (Å²) in [5.74, 6) is -1.59. The van der Waals surface area contributed by atoms with E-state index < -0.39 is 11.6 Å². The smallest absolute Gasteiger partial charge is 0.159 e. The third-order valence-corrected chi connectivity index (χ3v) is 2.99. The van der Waals surface area contributed by atoms with E-state index in [1.165, 1.54) is 12.1 Å². The lowest BCUT2D eigenvalue weighted by molar-refractivity contribution is 0.497. The van der Waals surface area contributed by atoms with Gasteiger partial charge in [0.15, 0.2) is 11.6 Å². The van der Waals surface area contributed by atoms with Crippen molar-refractivity contribution >= 4 is 5.57 Å². The van der Waals surface area contributed by atoms with Crippen LogP contribution < -0.4 is 0 Å². The van der Waals surface area contributed by atoms with Gasteiger partial charge < -0.3 is 0 Å². The second-order valence-electron chi connectivity index (χ2n) is 4.73. The number of benzene rings is 1. The van der Waals surface area contributed by atoms with E-state index in [9.17, 15) is 8.78 Å². The fourth-order valence-corrected chi connectivity index (χ4v) is 2.01. The fourth-order valence-electron chi connectivity index (χ4n) is 2.01. The van der Waals surface area contributed by atoms with Crippen LogP contribution in [0.3, 0.4) is 0 Å². The summed E-state index contributed by atoms with van der Waals surface area (Å²) < 4.78 is 26.0. The Morgan fingerprint density at radius 3 is 2.50 bits per heavy atom. The van der Waals surface area contributed by atoms with Gasteiger partial charge in [-0.15, -0.1) is 0 Å². The molecule has 1 aliphatic rings. The average molecular weight is 220 g/mol. The Kier molecular flexibility index (Phi) is 2.66. The van der Waals surface area contributed by atoms with Gasteiger partial charge in [-0.3, -0.25) is 0 Å². The van der Waals surface area contributed by atoms with Crippen molar-refractivity contribution in [2.24, 2.45) is 5.41 Å². The maximum atomic E-state index is 13.2. The monoisotopic (exact) mass is 220 g/mol. The zero-order valence-corrected chi connectivity index (χ0v) is 9.43. The highest BCUT2D eigenvalue weighted by atomic mass is 19.2. The van der Waals surface area contributed by atoms with Crippen LogP contribution >= 0.6 is 0 Å². The topological polar surface area (TPSA) is 0 Å². The van der Waals surface area contributed by atoms with E-state index in [0.717, 1.165) is 17.6 Å². The minimum Gasteiger partial charge on any atom is -0.204 e. The van der Waals surface area contributed by atoms with Gasteiger partial charge in [-0.05, 0) is 35.1 Å². The summed E-state index contributed by atoms with van der Waals surface area (Å²) in [5, 5.41) is 0. The normalized spacial score (nSPS) is 18.4. The standard InChI is InChI=1S/C14H14F2/c1-14(2)8-4-3-5-11(14)10-6-7-12(15)13(16)9-10/h3-7,9H,8H2,1-2H3. The molecular formula is C14H14F2. The molecule has 1 aliphatic carbocycles. The Morgan fingerprint density at radius 2 is 1.88 bits per heavy atom. The summed E-state index contributed by atoms with van der Waals surface area (Å²) in [6.07, 6.45) is 6.93. The molecule has 0 aliphatic heterocycles. The van der Waals surface area contributed by atoms with Crippen molar-refractivity contribution in [3.05, 3.63) is 53.6 Å². The highest BCUT2D eigenvalue weighted by molar-refractivity contribution is 5.72. The molecule has 1 aromatic carbocycles. The van der Waals surface area contributed by atoms with E-state index in [-0.39, 0.29) is 5.41 Å². The van der Waals surface area contributed by atoms with Crippen molar-refractivity contribution < 1.29 is 8.78 Å². The Hall–Kier alpha value is -1.44. The Balaban J connectivity index is 2.47. The van der Waals surface area contributed by atoms with Crippen LogP contribution in [0, 0.1) is 17.0 Å². The van der Waals surface area contributed by atoms with Crippen molar-refractivity contribution in [3.63, 3.8) is 0 Å². The summed E-state index contributed by atoms with van der Waals surface area (Å²) in [6, 6.07) is 4.08. The first kappa shape index (κ1) is 11.1. The minimum atomic E-state index is -0.798. The molecule has 0 amide bonds. The molecule has 0 unspecified atom stereocenters. The lowest BCUT2D eigenvalue weighted by Crippen LogP contribution is -2.15. The lowest BCUT2D eigenvalue weighted by atomic mass is 9.75. The molecule has 0 saturated heterocycles. The quantitative estimate of drug-likeness (QED) is 0.660. The molecule has 0 fully saturated rings. The molecule has 0 heterocycles. The van der Waals surface area contributed by atoms with Crippen molar-refractivity contribution in [1.82, 2.24) is 0 Å². The maximum absolute atomic E-state index is 13.2.